The summed E-state index contributed by atoms with van der Waals surface area (Å²) in [5.41, 5.74) is 4.76. The fourth-order valence-corrected chi connectivity index (χ4v) is 8.39. The summed E-state index contributed by atoms with van der Waals surface area (Å²) in [4.78, 5) is 51.8. The Balaban J connectivity index is 0.0000116. The van der Waals surface area contributed by atoms with E-state index in [4.69, 9.17) is 14.8 Å². The van der Waals surface area contributed by atoms with Gasteiger partial charge in [-0.15, -0.1) is 15.3 Å². The van der Waals surface area contributed by atoms with Gasteiger partial charge in [-0.2, -0.15) is 45.3 Å². The molecule has 4 aromatic carbocycles. The third-order valence-corrected chi connectivity index (χ3v) is 12.7. The molecule has 73 heavy (non-hydrogen) atoms. The Morgan fingerprint density at radius 3 is 1.92 bits per heavy atom. The number of benzene rings is 4. The normalized spacial score (nSPS) is 11.8. The molecule has 0 unspecified atom stereocenters. The molecule has 388 valence electrons. The van der Waals surface area contributed by atoms with Crippen LogP contribution in [0.15, 0.2) is 119 Å². The smallest absolute Gasteiger partial charge is 0.433 e. The number of thioether (sulfide) groups is 2. The lowest BCUT2D eigenvalue weighted by molar-refractivity contribution is -0.135. The number of anilines is 6. The Labute approximate surface area is 420 Å². The van der Waals surface area contributed by atoms with Crippen molar-refractivity contribution in [2.75, 3.05) is 39.4 Å². The van der Waals surface area contributed by atoms with Gasteiger partial charge in [0.15, 0.2) is 21.1 Å². The van der Waals surface area contributed by atoms with Crippen molar-refractivity contribution in [2.45, 2.75) is 26.8 Å². The summed E-state index contributed by atoms with van der Waals surface area (Å²) in [6.45, 7) is 0.288. The number of azo groups is 2. The zero-order valence-electron chi connectivity index (χ0n) is 36.3. The molecule has 12 N–H and O–H groups in total. The van der Waals surface area contributed by atoms with E-state index >= 15 is 0 Å². The van der Waals surface area contributed by atoms with Gasteiger partial charge in [0.25, 0.3) is 10.1 Å². The van der Waals surface area contributed by atoms with Crippen molar-refractivity contribution in [2.24, 2.45) is 26.2 Å². The standard InChI is InChI=1S/C36H32N12O18S6.H2O/c1-20(49)38-28-17-30(31(70(55,56)57)18-29(28)47-45-22-2-7-24(8-3-22)67-14-12-64-66-72(61,62)63)48-46-26-11-6-23(16-27(26)41-33(37)52)40-35-42-34(43-36(44-35)68-19-32(50)51)39-21-4-9-25(10-5-21)69(53,54)15-13-65-71(58,59)60;/h2-11,16-18H,13,15,19H2,1H3,(H,38,49)(H,50,51)(H3,37,41,52)(H,55,56,57)(H,58,59,60)(H,61,62,63)(H2,39,40,42,43,44);1H2. The molecular formula is C36H34N12O19S6. The average Bonchev–Trinajstić information content (AvgIpc) is 3.26. The Morgan fingerprint density at radius 1 is 0.726 bits per heavy atom. The second kappa shape index (κ2) is 25.3. The molecular weight excluding hydrogens is 1100 g/mol. The van der Waals surface area contributed by atoms with Crippen molar-refractivity contribution in [3.63, 3.8) is 0 Å². The van der Waals surface area contributed by atoms with Crippen molar-refractivity contribution in [1.82, 2.24) is 15.0 Å². The molecule has 5 rings (SSSR count). The minimum Gasteiger partial charge on any atom is -0.481 e. The van der Waals surface area contributed by atoms with E-state index < -0.39 is 87.4 Å². The summed E-state index contributed by atoms with van der Waals surface area (Å²) in [6, 6.07) is 15.6. The number of hydrogen-bond acceptors (Lipinski definition) is 25. The molecule has 0 radical (unpaired) electrons. The van der Waals surface area contributed by atoms with Crippen molar-refractivity contribution in [1.29, 1.82) is 0 Å². The second-order valence-electron chi connectivity index (χ2n) is 13.3. The number of aromatic nitrogens is 3. The van der Waals surface area contributed by atoms with Crippen LogP contribution in [0.1, 0.15) is 6.92 Å². The largest absolute Gasteiger partial charge is 0.481 e. The van der Waals surface area contributed by atoms with Gasteiger partial charge in [0, 0.05) is 28.4 Å². The van der Waals surface area contributed by atoms with Crippen LogP contribution in [0.3, 0.4) is 0 Å². The summed E-state index contributed by atoms with van der Waals surface area (Å²) in [5, 5.41) is 38.0. The highest BCUT2D eigenvalue weighted by Crippen LogP contribution is 2.39. The third-order valence-electron chi connectivity index (χ3n) is 7.92. The maximum Gasteiger partial charge on any atom is 0.433 e. The summed E-state index contributed by atoms with van der Waals surface area (Å²) < 4.78 is 128. The lowest BCUT2D eigenvalue weighted by Crippen LogP contribution is -2.19. The Bertz CT molecular complexity index is 3470. The van der Waals surface area contributed by atoms with Gasteiger partial charge >= 0.3 is 32.8 Å². The fourth-order valence-electron chi connectivity index (χ4n) is 5.14. The first-order valence-corrected chi connectivity index (χ1v) is 26.5. The molecule has 0 fully saturated rings. The predicted molar refractivity (Wildman–Crippen MR) is 257 cm³/mol. The zero-order chi connectivity index (χ0) is 52.9. The number of hydrogen-bond donors (Lipinski definition) is 9. The van der Waals surface area contributed by atoms with Crippen LogP contribution in [0.2, 0.25) is 0 Å². The highest BCUT2D eigenvalue weighted by molar-refractivity contribution is 8.04. The van der Waals surface area contributed by atoms with E-state index in [0.29, 0.717) is 16.7 Å². The number of urea groups is 1. The SMILES string of the molecule is CC(=O)Nc1cc(N=Nc2ccc(Nc3nc(Nc4ccc(S(=O)(=O)CCOS(=O)(=O)O)cc4)nc(SCC(=O)O)n3)cc2NC(N)=O)c(S(=O)(=O)O)cc1N=Nc1ccc(SC#COOS(=O)(=O)O)cc1.O. The number of carbonyl (C=O) groups excluding carboxylic acids is 2. The van der Waals surface area contributed by atoms with Gasteiger partial charge in [0.1, 0.15) is 22.0 Å². The molecule has 0 saturated carbocycles. The third kappa shape index (κ3) is 19.6. The molecule has 0 aliphatic heterocycles. The summed E-state index contributed by atoms with van der Waals surface area (Å²) in [5.74, 6) is -3.47. The number of rotatable bonds is 22. The van der Waals surface area contributed by atoms with Crippen LogP contribution in [0, 0.1) is 11.4 Å². The average molecular weight is 1130 g/mol. The number of nitrogens with zero attached hydrogens (tertiary/aromatic N) is 7. The van der Waals surface area contributed by atoms with Gasteiger partial charge in [-0.25, -0.2) is 17.4 Å². The van der Waals surface area contributed by atoms with Crippen LogP contribution in [0.4, 0.5) is 62.2 Å². The van der Waals surface area contributed by atoms with E-state index in [0.717, 1.165) is 30.8 Å². The van der Waals surface area contributed by atoms with Gasteiger partial charge in [-0.3, -0.25) is 28.1 Å². The molecule has 0 saturated heterocycles. The molecule has 1 heterocycles. The Kier molecular flexibility index (Phi) is 20.1. The minimum absolute atomic E-state index is 0. The van der Waals surface area contributed by atoms with Gasteiger partial charge in [-0.1, -0.05) is 11.8 Å². The van der Waals surface area contributed by atoms with E-state index in [-0.39, 0.29) is 67.2 Å². The first kappa shape index (κ1) is 58.1. The van der Waals surface area contributed by atoms with Gasteiger partial charge < -0.3 is 37.6 Å². The summed E-state index contributed by atoms with van der Waals surface area (Å²) in [6.07, 6.45) is 1.88. The maximum absolute atomic E-state index is 12.6. The number of sulfone groups is 1. The lowest BCUT2D eigenvalue weighted by atomic mass is 10.2. The molecule has 5 aromatic rings. The number of nitrogens with one attached hydrogen (secondary N) is 4. The molecule has 0 spiro atoms. The van der Waals surface area contributed by atoms with E-state index in [9.17, 15) is 57.7 Å². The van der Waals surface area contributed by atoms with E-state index in [1.807, 2.05) is 6.11 Å². The Morgan fingerprint density at radius 2 is 1.33 bits per heavy atom. The molecule has 3 amide bonds. The van der Waals surface area contributed by atoms with Crippen molar-refractivity contribution in [3.8, 4) is 11.4 Å². The highest BCUT2D eigenvalue weighted by atomic mass is 32.3. The van der Waals surface area contributed by atoms with Crippen LogP contribution in [0.5, 0.6) is 0 Å². The number of carboxylic acids is 1. The quantitative estimate of drug-likeness (QED) is 0.0114. The number of nitrogens with two attached hydrogens (primary N) is 1. The van der Waals surface area contributed by atoms with E-state index in [1.54, 1.807) is 0 Å². The molecule has 1 aromatic heterocycles. The van der Waals surface area contributed by atoms with E-state index in [1.165, 1.54) is 66.7 Å². The van der Waals surface area contributed by atoms with Crippen LogP contribution in [0.25, 0.3) is 0 Å². The molecule has 37 heteroatoms. The second-order valence-corrected chi connectivity index (χ2v) is 20.7. The first-order valence-electron chi connectivity index (χ1n) is 18.9. The summed E-state index contributed by atoms with van der Waals surface area (Å²) >= 11 is 1.57. The Hall–Kier alpha value is -7.48. The zero-order valence-corrected chi connectivity index (χ0v) is 41.2. The topological polar surface area (TPSA) is 490 Å². The van der Waals surface area contributed by atoms with Crippen LogP contribution < -0.4 is 27.0 Å². The minimum atomic E-state index is -5.10. The predicted octanol–water partition coefficient (Wildman–Crippen LogP) is 4.59. The van der Waals surface area contributed by atoms with Crippen molar-refractivity contribution in [3.05, 3.63) is 78.9 Å². The molecule has 0 aliphatic rings. The number of aliphatic carboxylic acids is 1. The molecule has 0 atom stereocenters. The van der Waals surface area contributed by atoms with E-state index in [2.05, 4.69) is 75.3 Å². The lowest BCUT2D eigenvalue weighted by Gasteiger charge is -2.12. The van der Waals surface area contributed by atoms with Gasteiger partial charge in [0.2, 0.25) is 17.8 Å². The van der Waals surface area contributed by atoms with Gasteiger partial charge in [-0.05, 0) is 95.0 Å². The number of amides is 3. The first-order chi connectivity index (χ1) is 33.7. The van der Waals surface area contributed by atoms with Crippen LogP contribution in [-0.2, 0) is 63.7 Å². The number of primary amides is 1. The molecule has 31 nitrogen and oxygen atoms in total. The monoisotopic (exact) mass is 1130 g/mol. The number of carboxylic acid groups (broad SMARTS) is 1. The molecule has 0 aliphatic carbocycles. The van der Waals surface area contributed by atoms with Crippen LogP contribution in [-0.4, -0.2) is 109 Å². The van der Waals surface area contributed by atoms with Crippen molar-refractivity contribution < 1.29 is 85.7 Å². The van der Waals surface area contributed by atoms with Gasteiger partial charge in [0.05, 0.1) is 40.1 Å². The fraction of sp³-hybridized carbons (Fsp3) is 0.111. The highest BCUT2D eigenvalue weighted by Gasteiger charge is 2.22. The van der Waals surface area contributed by atoms with Crippen LogP contribution >= 0.6 is 23.5 Å². The van der Waals surface area contributed by atoms with Crippen molar-refractivity contribution >= 4 is 140 Å². The number of carbonyl (C=O) groups is 3. The maximum atomic E-state index is 12.6. The summed E-state index contributed by atoms with van der Waals surface area (Å²) in [7, 11) is -18.9. The molecule has 0 bridgehead atoms.